The van der Waals surface area contributed by atoms with E-state index < -0.39 is 11.4 Å². The van der Waals surface area contributed by atoms with Crippen LogP contribution < -0.4 is 4.72 Å². The summed E-state index contributed by atoms with van der Waals surface area (Å²) >= 11 is 2.13. The van der Waals surface area contributed by atoms with Crippen molar-refractivity contribution in [2.45, 2.75) is 38.5 Å². The van der Waals surface area contributed by atoms with Gasteiger partial charge < -0.3 is 9.66 Å². The summed E-state index contributed by atoms with van der Waals surface area (Å²) in [6.07, 6.45) is 0. The average molecular weight is 320 g/mol. The van der Waals surface area contributed by atoms with E-state index in [1.54, 1.807) is 6.07 Å². The van der Waals surface area contributed by atoms with Gasteiger partial charge in [-0.05, 0) is 39.8 Å². The van der Waals surface area contributed by atoms with Gasteiger partial charge in [-0.1, -0.05) is 22.0 Å². The van der Waals surface area contributed by atoms with Crippen molar-refractivity contribution in [3.8, 4) is 5.75 Å². The molecule has 0 saturated heterocycles. The highest BCUT2D eigenvalue weighted by Gasteiger charge is 2.28. The van der Waals surface area contributed by atoms with Gasteiger partial charge in [0.05, 0.1) is 6.04 Å². The average Bonchev–Trinajstić information content (AvgIpc) is 2.15. The fourth-order valence-corrected chi connectivity index (χ4v) is 2.43. The Labute approximate surface area is 114 Å². The molecule has 2 N–H and O–H groups in total. The van der Waals surface area contributed by atoms with Crippen molar-refractivity contribution in [2.75, 3.05) is 0 Å². The number of aromatic hydroxyl groups is 1. The molecule has 0 heterocycles. The van der Waals surface area contributed by atoms with Gasteiger partial charge in [-0.15, -0.1) is 4.72 Å². The highest BCUT2D eigenvalue weighted by Crippen LogP contribution is 2.28. The van der Waals surface area contributed by atoms with Crippen molar-refractivity contribution in [3.63, 3.8) is 0 Å². The third-order valence-electron chi connectivity index (χ3n) is 2.30. The van der Waals surface area contributed by atoms with Crippen LogP contribution in [0, 0.1) is 0 Å². The lowest BCUT2D eigenvalue weighted by Crippen LogP contribution is -2.40. The monoisotopic (exact) mass is 319 g/mol. The summed E-state index contributed by atoms with van der Waals surface area (Å²) in [4.78, 5) is 0. The van der Waals surface area contributed by atoms with E-state index in [1.807, 2.05) is 39.8 Å². The Morgan fingerprint density at radius 1 is 1.41 bits per heavy atom. The Hall–Kier alpha value is -0.230. The molecule has 0 fully saturated rings. The summed E-state index contributed by atoms with van der Waals surface area (Å²) in [5, 5.41) is 9.81. The molecule has 0 unspecified atom stereocenters. The number of nitrogens with one attached hydrogen (secondary N) is 1. The maximum Gasteiger partial charge on any atom is 0.136 e. The number of rotatable bonds is 3. The number of hydrogen-bond donors (Lipinski definition) is 2. The van der Waals surface area contributed by atoms with E-state index in [0.717, 1.165) is 10.0 Å². The van der Waals surface area contributed by atoms with Crippen LogP contribution in [0.4, 0.5) is 0 Å². The molecule has 5 heteroatoms. The zero-order chi connectivity index (χ0) is 13.2. The van der Waals surface area contributed by atoms with Crippen molar-refractivity contribution in [2.24, 2.45) is 0 Å². The summed E-state index contributed by atoms with van der Waals surface area (Å²) in [7, 11) is 0. The molecule has 0 aliphatic rings. The van der Waals surface area contributed by atoms with Crippen LogP contribution in [0.15, 0.2) is 22.7 Å². The minimum atomic E-state index is -1.15. The Bertz CT molecular complexity index is 393. The first-order chi connectivity index (χ1) is 7.71. The van der Waals surface area contributed by atoms with E-state index in [4.69, 9.17) is 0 Å². The molecule has 17 heavy (non-hydrogen) atoms. The van der Waals surface area contributed by atoms with Crippen LogP contribution >= 0.6 is 15.9 Å². The van der Waals surface area contributed by atoms with Crippen molar-refractivity contribution in [3.05, 3.63) is 28.2 Å². The first-order valence-corrected chi connectivity index (χ1v) is 7.32. The zero-order valence-electron chi connectivity index (χ0n) is 10.5. The third kappa shape index (κ3) is 4.17. The standard InChI is InChI=1S/C12H18BrNO2S/c1-8(14-17(16)12(2,3)4)10-6-5-9(13)7-11(10)15/h5-8,14-15H,1-4H3/t8-,17+/m0/s1. The summed E-state index contributed by atoms with van der Waals surface area (Å²) < 4.78 is 15.4. The van der Waals surface area contributed by atoms with Crippen molar-refractivity contribution >= 4 is 27.3 Å². The summed E-state index contributed by atoms with van der Waals surface area (Å²) in [5.74, 6) is 0.199. The van der Waals surface area contributed by atoms with E-state index in [9.17, 15) is 9.66 Å². The third-order valence-corrected chi connectivity index (χ3v) is 4.47. The lowest BCUT2D eigenvalue weighted by atomic mass is 10.1. The van der Waals surface area contributed by atoms with E-state index >= 15 is 0 Å². The molecule has 0 radical (unpaired) electrons. The van der Waals surface area contributed by atoms with Gasteiger partial charge in [-0.2, -0.15) is 0 Å². The Kier molecular flexibility index (Phi) is 4.89. The van der Waals surface area contributed by atoms with Gasteiger partial charge in [0, 0.05) is 21.4 Å². The molecule has 0 spiro atoms. The molecular weight excluding hydrogens is 302 g/mol. The molecule has 0 aromatic heterocycles. The van der Waals surface area contributed by atoms with Crippen molar-refractivity contribution < 1.29 is 9.66 Å². The molecule has 2 atom stereocenters. The lowest BCUT2D eigenvalue weighted by molar-refractivity contribution is 0.458. The molecule has 1 aromatic rings. The molecule has 3 nitrogen and oxygen atoms in total. The normalized spacial score (nSPS) is 15.6. The van der Waals surface area contributed by atoms with E-state index in [0.29, 0.717) is 0 Å². The smallest absolute Gasteiger partial charge is 0.136 e. The Morgan fingerprint density at radius 3 is 2.47 bits per heavy atom. The maximum atomic E-state index is 11.9. The number of phenolic OH excluding ortho intramolecular Hbond substituents is 1. The summed E-state index contributed by atoms with van der Waals surface area (Å²) in [6.45, 7) is 7.60. The molecule has 0 aliphatic carbocycles. The van der Waals surface area contributed by atoms with Gasteiger partial charge in [0.2, 0.25) is 0 Å². The predicted molar refractivity (Wildman–Crippen MR) is 75.3 cm³/mol. The van der Waals surface area contributed by atoms with Crippen molar-refractivity contribution in [1.82, 2.24) is 4.72 Å². The summed E-state index contributed by atoms with van der Waals surface area (Å²) in [6, 6.07) is 5.14. The van der Waals surface area contributed by atoms with Gasteiger partial charge in [-0.25, -0.2) is 0 Å². The van der Waals surface area contributed by atoms with Crippen LogP contribution in [0.1, 0.15) is 39.3 Å². The van der Waals surface area contributed by atoms with Crippen LogP contribution in [-0.4, -0.2) is 14.4 Å². The number of phenols is 1. The van der Waals surface area contributed by atoms with Crippen LogP contribution in [0.25, 0.3) is 0 Å². The second-order valence-corrected chi connectivity index (χ2v) is 7.84. The van der Waals surface area contributed by atoms with Crippen LogP contribution in [0.5, 0.6) is 5.75 Å². The second kappa shape index (κ2) is 5.61. The number of halogens is 1. The van der Waals surface area contributed by atoms with Crippen LogP contribution in [0.2, 0.25) is 0 Å². The molecule has 0 amide bonds. The minimum Gasteiger partial charge on any atom is -0.598 e. The maximum absolute atomic E-state index is 11.9. The topological polar surface area (TPSA) is 55.3 Å². The first kappa shape index (κ1) is 14.8. The highest BCUT2D eigenvalue weighted by molar-refractivity contribution is 9.10. The Balaban J connectivity index is 2.80. The number of benzene rings is 1. The fourth-order valence-electron chi connectivity index (χ4n) is 1.28. The lowest BCUT2D eigenvalue weighted by Gasteiger charge is -2.26. The minimum absolute atomic E-state index is 0.164. The Morgan fingerprint density at radius 2 is 2.00 bits per heavy atom. The molecule has 0 bridgehead atoms. The molecule has 0 aliphatic heterocycles. The van der Waals surface area contributed by atoms with Crippen molar-refractivity contribution in [1.29, 1.82) is 0 Å². The predicted octanol–water partition coefficient (Wildman–Crippen LogP) is 3.27. The summed E-state index contributed by atoms with van der Waals surface area (Å²) in [5.41, 5.74) is 0.741. The van der Waals surface area contributed by atoms with E-state index in [-0.39, 0.29) is 16.5 Å². The molecule has 1 aromatic carbocycles. The van der Waals surface area contributed by atoms with Crippen LogP contribution in [-0.2, 0) is 11.4 Å². The SMILES string of the molecule is C[C@H](N[S@+]([O-])C(C)(C)C)c1ccc(Br)cc1O. The van der Waals surface area contributed by atoms with Gasteiger partial charge in [0.15, 0.2) is 0 Å². The quantitative estimate of drug-likeness (QED) is 0.841. The highest BCUT2D eigenvalue weighted by atomic mass is 79.9. The molecule has 1 rings (SSSR count). The second-order valence-electron chi connectivity index (χ2n) is 4.92. The largest absolute Gasteiger partial charge is 0.598 e. The molecule has 0 saturated carbocycles. The number of hydrogen-bond acceptors (Lipinski definition) is 3. The molecular formula is C12H18BrNO2S. The van der Waals surface area contributed by atoms with Gasteiger partial charge >= 0.3 is 0 Å². The fraction of sp³-hybridized carbons (Fsp3) is 0.500. The van der Waals surface area contributed by atoms with Crippen LogP contribution in [0.3, 0.4) is 0 Å². The molecule has 96 valence electrons. The van der Waals surface area contributed by atoms with Gasteiger partial charge in [0.25, 0.3) is 0 Å². The zero-order valence-corrected chi connectivity index (χ0v) is 12.9. The van der Waals surface area contributed by atoms with E-state index in [2.05, 4.69) is 20.7 Å². The van der Waals surface area contributed by atoms with E-state index in [1.165, 1.54) is 0 Å². The van der Waals surface area contributed by atoms with Gasteiger partial charge in [0.1, 0.15) is 10.5 Å². The first-order valence-electron chi connectivity index (χ1n) is 5.38. The van der Waals surface area contributed by atoms with Gasteiger partial charge in [-0.3, -0.25) is 0 Å².